The molecule has 0 rings (SSSR count). The summed E-state index contributed by atoms with van der Waals surface area (Å²) in [7, 11) is 0. The van der Waals surface area contributed by atoms with Gasteiger partial charge in [-0.3, -0.25) is 0 Å². The van der Waals surface area contributed by atoms with Crippen LogP contribution in [0, 0.1) is 11.3 Å². The zero-order valence-electron chi connectivity index (χ0n) is 9.51. The van der Waals surface area contributed by atoms with Crippen molar-refractivity contribution in [2.75, 3.05) is 6.61 Å². The zero-order valence-corrected chi connectivity index (χ0v) is 9.51. The summed E-state index contributed by atoms with van der Waals surface area (Å²) >= 11 is 0. The maximum absolute atomic E-state index is 9.34. The number of rotatable bonds is 7. The van der Waals surface area contributed by atoms with Gasteiger partial charge in [-0.1, -0.05) is 20.8 Å². The van der Waals surface area contributed by atoms with Crippen molar-refractivity contribution in [1.29, 1.82) is 5.26 Å². The van der Waals surface area contributed by atoms with Crippen molar-refractivity contribution in [3.05, 3.63) is 0 Å². The summed E-state index contributed by atoms with van der Waals surface area (Å²) in [6.07, 6.45) is 3.22. The second-order valence-electron chi connectivity index (χ2n) is 3.76. The van der Waals surface area contributed by atoms with E-state index < -0.39 is 0 Å². The third-order valence-corrected chi connectivity index (χ3v) is 3.00. The molecule has 0 aromatic carbocycles. The molecule has 2 N–H and O–H groups in total. The van der Waals surface area contributed by atoms with E-state index in [-0.39, 0.29) is 18.2 Å². The number of aliphatic hydroxyl groups excluding tert-OH is 1. The van der Waals surface area contributed by atoms with Crippen LogP contribution >= 0.6 is 0 Å². The van der Waals surface area contributed by atoms with Crippen LogP contribution in [0.2, 0.25) is 0 Å². The lowest BCUT2D eigenvalue weighted by Crippen LogP contribution is -2.52. The number of nitrogens with zero attached hydrogens (tertiary/aromatic N) is 1. The molecule has 0 aliphatic carbocycles. The molecule has 0 saturated heterocycles. The van der Waals surface area contributed by atoms with Crippen molar-refractivity contribution < 1.29 is 5.11 Å². The monoisotopic (exact) mass is 198 g/mol. The van der Waals surface area contributed by atoms with Gasteiger partial charge in [0.1, 0.15) is 0 Å². The standard InChI is InChI=1S/C11H22N2O/c1-4-10(7-8-12)13-11(5-2,6-3)9-14/h10,13-14H,4-7,9H2,1-3H3. The Labute approximate surface area is 87.1 Å². The number of nitriles is 1. The molecule has 3 heteroatoms. The van der Waals surface area contributed by atoms with Crippen LogP contribution in [0.1, 0.15) is 46.5 Å². The molecule has 0 saturated carbocycles. The van der Waals surface area contributed by atoms with Crippen molar-refractivity contribution in [2.45, 2.75) is 58.0 Å². The SMILES string of the molecule is CCC(CC#N)NC(CC)(CC)CO. The molecule has 0 aromatic rings. The molecule has 0 aromatic heterocycles. The number of hydrogen-bond donors (Lipinski definition) is 2. The third-order valence-electron chi connectivity index (χ3n) is 3.00. The summed E-state index contributed by atoms with van der Waals surface area (Å²) in [5.41, 5.74) is -0.197. The highest BCUT2D eigenvalue weighted by molar-refractivity contribution is 4.90. The Kier molecular flexibility index (Phi) is 6.52. The van der Waals surface area contributed by atoms with Crippen molar-refractivity contribution in [2.24, 2.45) is 0 Å². The summed E-state index contributed by atoms with van der Waals surface area (Å²) in [6, 6.07) is 2.37. The number of aliphatic hydroxyl groups is 1. The Morgan fingerprint density at radius 3 is 2.21 bits per heavy atom. The molecule has 14 heavy (non-hydrogen) atoms. The highest BCUT2D eigenvalue weighted by Crippen LogP contribution is 2.16. The van der Waals surface area contributed by atoms with E-state index >= 15 is 0 Å². The van der Waals surface area contributed by atoms with Crippen molar-refractivity contribution in [3.8, 4) is 6.07 Å². The molecule has 1 atom stereocenters. The fraction of sp³-hybridized carbons (Fsp3) is 0.909. The maximum Gasteiger partial charge on any atom is 0.0638 e. The topological polar surface area (TPSA) is 56.0 Å². The average molecular weight is 198 g/mol. The molecule has 0 heterocycles. The summed E-state index contributed by atoms with van der Waals surface area (Å²) in [5, 5.41) is 21.4. The van der Waals surface area contributed by atoms with Gasteiger partial charge < -0.3 is 10.4 Å². The fourth-order valence-corrected chi connectivity index (χ4v) is 1.56. The summed E-state index contributed by atoms with van der Waals surface area (Å²) in [6.45, 7) is 6.32. The van der Waals surface area contributed by atoms with Gasteiger partial charge >= 0.3 is 0 Å². The molecular weight excluding hydrogens is 176 g/mol. The predicted molar refractivity (Wildman–Crippen MR) is 57.8 cm³/mol. The van der Waals surface area contributed by atoms with Gasteiger partial charge in [0.05, 0.1) is 19.1 Å². The van der Waals surface area contributed by atoms with Crippen molar-refractivity contribution in [3.63, 3.8) is 0 Å². The summed E-state index contributed by atoms with van der Waals surface area (Å²) in [5.74, 6) is 0. The van der Waals surface area contributed by atoms with E-state index in [4.69, 9.17) is 5.26 Å². The van der Waals surface area contributed by atoms with E-state index in [9.17, 15) is 5.11 Å². The molecule has 82 valence electrons. The second-order valence-corrected chi connectivity index (χ2v) is 3.76. The smallest absolute Gasteiger partial charge is 0.0638 e. The number of hydrogen-bond acceptors (Lipinski definition) is 3. The minimum atomic E-state index is -0.197. The Morgan fingerprint density at radius 1 is 1.36 bits per heavy atom. The van der Waals surface area contributed by atoms with Gasteiger partial charge in [0.15, 0.2) is 0 Å². The molecule has 0 radical (unpaired) electrons. The van der Waals surface area contributed by atoms with Gasteiger partial charge in [0, 0.05) is 11.6 Å². The first kappa shape index (κ1) is 13.4. The van der Waals surface area contributed by atoms with Crippen LogP contribution < -0.4 is 5.32 Å². The lowest BCUT2D eigenvalue weighted by Gasteiger charge is -2.34. The first-order valence-electron chi connectivity index (χ1n) is 5.43. The highest BCUT2D eigenvalue weighted by Gasteiger charge is 2.27. The minimum Gasteiger partial charge on any atom is -0.394 e. The second kappa shape index (κ2) is 6.80. The summed E-state index contributed by atoms with van der Waals surface area (Å²) < 4.78 is 0. The third kappa shape index (κ3) is 3.65. The van der Waals surface area contributed by atoms with Crippen LogP contribution in [0.4, 0.5) is 0 Å². The largest absolute Gasteiger partial charge is 0.394 e. The van der Waals surface area contributed by atoms with Gasteiger partial charge in [-0.05, 0) is 19.3 Å². The Morgan fingerprint density at radius 2 is 1.93 bits per heavy atom. The minimum absolute atomic E-state index is 0.141. The fourth-order valence-electron chi connectivity index (χ4n) is 1.56. The molecule has 1 unspecified atom stereocenters. The molecule has 0 amide bonds. The molecule has 3 nitrogen and oxygen atoms in total. The van der Waals surface area contributed by atoms with E-state index in [1.165, 1.54) is 0 Å². The van der Waals surface area contributed by atoms with Crippen LogP contribution in [-0.4, -0.2) is 23.3 Å². The van der Waals surface area contributed by atoms with Crippen molar-refractivity contribution in [1.82, 2.24) is 5.32 Å². The lowest BCUT2D eigenvalue weighted by molar-refractivity contribution is 0.137. The average Bonchev–Trinajstić information content (AvgIpc) is 2.25. The van der Waals surface area contributed by atoms with E-state index in [0.717, 1.165) is 19.3 Å². The molecule has 0 fully saturated rings. The van der Waals surface area contributed by atoms with Crippen LogP contribution in [0.5, 0.6) is 0 Å². The zero-order chi connectivity index (χ0) is 11.0. The highest BCUT2D eigenvalue weighted by atomic mass is 16.3. The number of nitrogens with one attached hydrogen (secondary N) is 1. The van der Waals surface area contributed by atoms with Gasteiger partial charge in [-0.15, -0.1) is 0 Å². The molecule has 0 bridgehead atoms. The Bertz CT molecular complexity index is 174. The van der Waals surface area contributed by atoms with Crippen LogP contribution in [0.15, 0.2) is 0 Å². The van der Waals surface area contributed by atoms with E-state index in [1.54, 1.807) is 0 Å². The van der Waals surface area contributed by atoms with Gasteiger partial charge in [0.2, 0.25) is 0 Å². The van der Waals surface area contributed by atoms with Crippen molar-refractivity contribution >= 4 is 0 Å². The quantitative estimate of drug-likeness (QED) is 0.656. The van der Waals surface area contributed by atoms with Gasteiger partial charge in [0.25, 0.3) is 0 Å². The Balaban J connectivity index is 4.33. The molecular formula is C11H22N2O. The first-order chi connectivity index (χ1) is 6.67. The van der Waals surface area contributed by atoms with Gasteiger partial charge in [-0.2, -0.15) is 5.26 Å². The molecule has 0 aliphatic rings. The van der Waals surface area contributed by atoms with Gasteiger partial charge in [-0.25, -0.2) is 0 Å². The van der Waals surface area contributed by atoms with E-state index in [1.807, 2.05) is 0 Å². The van der Waals surface area contributed by atoms with E-state index in [2.05, 4.69) is 32.2 Å². The van der Waals surface area contributed by atoms with E-state index in [0.29, 0.717) is 6.42 Å². The molecule has 0 aliphatic heterocycles. The Hall–Kier alpha value is -0.590. The van der Waals surface area contributed by atoms with Crippen LogP contribution in [0.3, 0.4) is 0 Å². The lowest BCUT2D eigenvalue weighted by atomic mass is 9.92. The first-order valence-corrected chi connectivity index (χ1v) is 5.43. The normalized spacial score (nSPS) is 13.6. The van der Waals surface area contributed by atoms with Crippen LogP contribution in [-0.2, 0) is 0 Å². The maximum atomic E-state index is 9.34. The van der Waals surface area contributed by atoms with Crippen LogP contribution in [0.25, 0.3) is 0 Å². The predicted octanol–water partition coefficient (Wildman–Crippen LogP) is 1.82. The summed E-state index contributed by atoms with van der Waals surface area (Å²) in [4.78, 5) is 0. The molecule has 0 spiro atoms.